The maximum atomic E-state index is 5.38. The third-order valence-corrected chi connectivity index (χ3v) is 8.24. The fraction of sp³-hybridized carbons (Fsp3) is 0.0333. The van der Waals surface area contributed by atoms with Crippen LogP contribution in [0.4, 0.5) is 11.5 Å². The molecule has 0 amide bonds. The lowest BCUT2D eigenvalue weighted by molar-refractivity contribution is 0.415. The highest BCUT2D eigenvalue weighted by atomic mass is 32.1. The highest BCUT2D eigenvalue weighted by molar-refractivity contribution is 7.21. The zero-order valence-corrected chi connectivity index (χ0v) is 22.0. The lowest BCUT2D eigenvalue weighted by atomic mass is 10.1. The number of nitrogens with one attached hydrogen (secondary N) is 1. The van der Waals surface area contributed by atoms with Crippen LogP contribution in [-0.2, 0) is 0 Å². The molecule has 0 saturated carbocycles. The Morgan fingerprint density at radius 3 is 2.42 bits per heavy atom. The Bertz CT molecular complexity index is 1840. The van der Waals surface area contributed by atoms with Crippen LogP contribution in [0, 0.1) is 0 Å². The molecule has 6 nitrogen and oxygen atoms in total. The molecule has 0 saturated heterocycles. The van der Waals surface area contributed by atoms with E-state index in [1.54, 1.807) is 29.8 Å². The van der Waals surface area contributed by atoms with Gasteiger partial charge in [-0.1, -0.05) is 36.4 Å². The summed E-state index contributed by atoms with van der Waals surface area (Å²) in [5, 5.41) is 11.6. The number of benzene rings is 3. The first-order valence-corrected chi connectivity index (χ1v) is 13.8. The molecule has 8 heteroatoms. The molecule has 0 unspecified atom stereocenters. The van der Waals surface area contributed by atoms with Crippen molar-refractivity contribution in [3.8, 4) is 38.1 Å². The lowest BCUT2D eigenvalue weighted by Crippen LogP contribution is -1.98. The van der Waals surface area contributed by atoms with Crippen molar-refractivity contribution in [1.82, 2.24) is 19.6 Å². The van der Waals surface area contributed by atoms with Gasteiger partial charge in [0.1, 0.15) is 10.8 Å². The smallest absolute Gasteiger partial charge is 0.168 e. The normalized spacial score (nSPS) is 11.3. The molecule has 4 aromatic heterocycles. The highest BCUT2D eigenvalue weighted by Crippen LogP contribution is 2.40. The van der Waals surface area contributed by atoms with Crippen molar-refractivity contribution >= 4 is 50.0 Å². The molecular weight excluding hydrogens is 510 g/mol. The highest BCUT2D eigenvalue weighted by Gasteiger charge is 2.23. The molecule has 0 bridgehead atoms. The molecule has 0 fully saturated rings. The Morgan fingerprint density at radius 1 is 0.842 bits per heavy atom. The van der Waals surface area contributed by atoms with E-state index >= 15 is 0 Å². The molecule has 3 aromatic carbocycles. The molecule has 0 spiro atoms. The zero-order chi connectivity index (χ0) is 25.5. The number of methoxy groups -OCH3 is 1. The molecule has 7 rings (SSSR count). The first-order valence-electron chi connectivity index (χ1n) is 12.1. The number of fused-ring (bicyclic) bond motifs is 2. The van der Waals surface area contributed by atoms with Gasteiger partial charge in [-0.15, -0.1) is 27.8 Å². The van der Waals surface area contributed by atoms with Gasteiger partial charge in [-0.05, 0) is 66.0 Å². The van der Waals surface area contributed by atoms with Gasteiger partial charge in [-0.2, -0.15) is 0 Å². The van der Waals surface area contributed by atoms with E-state index in [4.69, 9.17) is 19.8 Å². The Balaban J connectivity index is 1.52. The van der Waals surface area contributed by atoms with Gasteiger partial charge < -0.3 is 10.1 Å². The summed E-state index contributed by atoms with van der Waals surface area (Å²) >= 11 is 3.32. The van der Waals surface area contributed by atoms with Gasteiger partial charge in [-0.25, -0.2) is 14.5 Å². The standard InChI is InChI=1S/C30H21N5OS2/c1-36-21-15-13-19(14-16-21)23-18-24(26-12-7-17-37-26)35-29(32-23)27(28(34-35)31-20-8-3-2-4-9-20)30-33-22-10-5-6-11-25(22)38-30/h2-18H,1H3,(H,31,34). The van der Waals surface area contributed by atoms with Gasteiger partial charge in [0.2, 0.25) is 0 Å². The van der Waals surface area contributed by atoms with E-state index in [0.29, 0.717) is 5.82 Å². The van der Waals surface area contributed by atoms with Crippen LogP contribution < -0.4 is 10.1 Å². The number of rotatable bonds is 6. The van der Waals surface area contributed by atoms with Gasteiger partial charge in [0.05, 0.1) is 39.2 Å². The topological polar surface area (TPSA) is 64.3 Å². The number of thiophene rings is 1. The average molecular weight is 532 g/mol. The second-order valence-corrected chi connectivity index (χ2v) is 10.6. The molecule has 184 valence electrons. The minimum Gasteiger partial charge on any atom is -0.497 e. The van der Waals surface area contributed by atoms with Crippen LogP contribution in [0.2, 0.25) is 0 Å². The number of hydrogen-bond donors (Lipinski definition) is 1. The van der Waals surface area contributed by atoms with E-state index in [1.807, 2.05) is 77.3 Å². The molecule has 4 heterocycles. The number of nitrogens with zero attached hydrogens (tertiary/aromatic N) is 4. The summed E-state index contributed by atoms with van der Waals surface area (Å²) in [7, 11) is 1.67. The third kappa shape index (κ3) is 4.00. The van der Waals surface area contributed by atoms with Crippen molar-refractivity contribution in [3.63, 3.8) is 0 Å². The van der Waals surface area contributed by atoms with E-state index in [9.17, 15) is 0 Å². The van der Waals surface area contributed by atoms with E-state index < -0.39 is 0 Å². The van der Waals surface area contributed by atoms with Crippen molar-refractivity contribution in [2.75, 3.05) is 12.4 Å². The summed E-state index contributed by atoms with van der Waals surface area (Å²) in [6, 6.07) is 32.5. The third-order valence-electron chi connectivity index (χ3n) is 6.29. The van der Waals surface area contributed by atoms with Crippen LogP contribution in [0.15, 0.2) is 102 Å². The summed E-state index contributed by atoms with van der Waals surface area (Å²) in [6.45, 7) is 0. The molecule has 0 atom stereocenters. The first kappa shape index (κ1) is 22.7. The van der Waals surface area contributed by atoms with Crippen LogP contribution in [0.25, 0.3) is 48.3 Å². The minimum absolute atomic E-state index is 0.715. The molecule has 1 N–H and O–H groups in total. The largest absolute Gasteiger partial charge is 0.497 e. The first-order chi connectivity index (χ1) is 18.8. The summed E-state index contributed by atoms with van der Waals surface area (Å²) in [6.07, 6.45) is 0. The molecule has 0 aliphatic rings. The van der Waals surface area contributed by atoms with Crippen LogP contribution in [0.1, 0.15) is 0 Å². The summed E-state index contributed by atoms with van der Waals surface area (Å²) < 4.78 is 8.43. The molecule has 0 aliphatic carbocycles. The van der Waals surface area contributed by atoms with Crippen LogP contribution in [0.5, 0.6) is 5.75 Å². The molecule has 0 aliphatic heterocycles. The van der Waals surface area contributed by atoms with Crippen molar-refractivity contribution in [2.45, 2.75) is 0 Å². The maximum absolute atomic E-state index is 5.38. The predicted molar refractivity (Wildman–Crippen MR) is 157 cm³/mol. The van der Waals surface area contributed by atoms with Crippen LogP contribution in [0.3, 0.4) is 0 Å². The minimum atomic E-state index is 0.715. The van der Waals surface area contributed by atoms with Crippen molar-refractivity contribution < 1.29 is 4.74 Å². The second-order valence-electron chi connectivity index (χ2n) is 8.67. The number of anilines is 2. The number of para-hydroxylation sites is 2. The van der Waals surface area contributed by atoms with E-state index in [-0.39, 0.29) is 0 Å². The SMILES string of the molecule is COc1ccc(-c2cc(-c3cccs3)n3nc(Nc4ccccc4)c(-c4nc5ccccc5s4)c3n2)cc1. The lowest BCUT2D eigenvalue weighted by Gasteiger charge is -2.08. The van der Waals surface area contributed by atoms with Gasteiger partial charge in [0.15, 0.2) is 11.5 Å². The Labute approximate surface area is 226 Å². The van der Waals surface area contributed by atoms with E-state index in [2.05, 4.69) is 35.0 Å². The molecule has 0 radical (unpaired) electrons. The summed E-state index contributed by atoms with van der Waals surface area (Å²) in [4.78, 5) is 11.3. The van der Waals surface area contributed by atoms with E-state index in [1.165, 1.54) is 0 Å². The van der Waals surface area contributed by atoms with Crippen molar-refractivity contribution in [1.29, 1.82) is 0 Å². The number of aromatic nitrogens is 4. The quantitative estimate of drug-likeness (QED) is 0.235. The maximum Gasteiger partial charge on any atom is 0.168 e. The molecule has 38 heavy (non-hydrogen) atoms. The van der Waals surface area contributed by atoms with Gasteiger partial charge in [0.25, 0.3) is 0 Å². The fourth-order valence-electron chi connectivity index (χ4n) is 4.45. The Kier molecular flexibility index (Phi) is 5.61. The Morgan fingerprint density at radius 2 is 1.66 bits per heavy atom. The number of thiazole rings is 1. The van der Waals surface area contributed by atoms with Gasteiger partial charge >= 0.3 is 0 Å². The van der Waals surface area contributed by atoms with Crippen LogP contribution in [-0.4, -0.2) is 26.7 Å². The summed E-state index contributed by atoms with van der Waals surface area (Å²) in [5.74, 6) is 1.52. The average Bonchev–Trinajstić information content (AvgIpc) is 3.71. The molecule has 7 aromatic rings. The fourth-order valence-corrected chi connectivity index (χ4v) is 6.18. The summed E-state index contributed by atoms with van der Waals surface area (Å²) in [5.41, 5.74) is 6.37. The number of hydrogen-bond acceptors (Lipinski definition) is 7. The van der Waals surface area contributed by atoms with Crippen molar-refractivity contribution in [3.05, 3.63) is 102 Å². The number of ether oxygens (including phenoxy) is 1. The zero-order valence-electron chi connectivity index (χ0n) is 20.3. The van der Waals surface area contributed by atoms with Gasteiger partial charge in [-0.3, -0.25) is 0 Å². The Hall–Kier alpha value is -4.53. The van der Waals surface area contributed by atoms with Crippen LogP contribution >= 0.6 is 22.7 Å². The van der Waals surface area contributed by atoms with Gasteiger partial charge in [0, 0.05) is 11.3 Å². The molecular formula is C30H21N5OS2. The van der Waals surface area contributed by atoms with Crippen molar-refractivity contribution in [2.24, 2.45) is 0 Å². The second kappa shape index (κ2) is 9.41. The predicted octanol–water partition coefficient (Wildman–Crippen LogP) is 8.15. The van der Waals surface area contributed by atoms with E-state index in [0.717, 1.165) is 59.7 Å². The monoisotopic (exact) mass is 531 g/mol.